The normalized spacial score (nSPS) is 19.7. The lowest BCUT2D eigenvalue weighted by Crippen LogP contribution is -2.20. The lowest BCUT2D eigenvalue weighted by Gasteiger charge is -2.10. The number of hydrogen-bond donors (Lipinski definition) is 1. The van der Waals surface area contributed by atoms with Gasteiger partial charge in [0.25, 0.3) is 0 Å². The van der Waals surface area contributed by atoms with E-state index in [0.717, 1.165) is 6.42 Å². The predicted octanol–water partition coefficient (Wildman–Crippen LogP) is 1.84. The van der Waals surface area contributed by atoms with Gasteiger partial charge in [0.05, 0.1) is 22.6 Å². The standard InChI is InChI=1S/C9H10ClN3O3/c10-6-3-8(13(14)15)9(11-4-6)12-7-1-2-16-5-7/h3-4,7H,1-2,5H2,(H,11,12). The van der Waals surface area contributed by atoms with Crippen molar-refractivity contribution in [1.29, 1.82) is 0 Å². The minimum atomic E-state index is -0.503. The fraction of sp³-hybridized carbons (Fsp3) is 0.444. The second-order valence-electron chi connectivity index (χ2n) is 3.48. The molecule has 0 bridgehead atoms. The Morgan fingerprint density at radius 2 is 2.50 bits per heavy atom. The van der Waals surface area contributed by atoms with Crippen LogP contribution in [-0.2, 0) is 4.74 Å². The number of ether oxygens (including phenoxy) is 1. The number of nitro groups is 1. The molecule has 16 heavy (non-hydrogen) atoms. The summed E-state index contributed by atoms with van der Waals surface area (Å²) in [5.74, 6) is 0.241. The second kappa shape index (κ2) is 4.63. The number of rotatable bonds is 3. The van der Waals surface area contributed by atoms with Crippen LogP contribution in [-0.4, -0.2) is 29.2 Å². The smallest absolute Gasteiger partial charge is 0.312 e. The van der Waals surface area contributed by atoms with Gasteiger partial charge >= 0.3 is 5.69 Å². The van der Waals surface area contributed by atoms with Crippen LogP contribution in [0.15, 0.2) is 12.3 Å². The monoisotopic (exact) mass is 243 g/mol. The van der Waals surface area contributed by atoms with Crippen molar-refractivity contribution in [3.63, 3.8) is 0 Å². The molecule has 1 aliphatic rings. The van der Waals surface area contributed by atoms with Gasteiger partial charge < -0.3 is 10.1 Å². The number of anilines is 1. The first-order valence-corrected chi connectivity index (χ1v) is 5.19. The van der Waals surface area contributed by atoms with Gasteiger partial charge in [0.15, 0.2) is 0 Å². The fourth-order valence-corrected chi connectivity index (χ4v) is 1.67. The molecule has 2 rings (SSSR count). The van der Waals surface area contributed by atoms with Gasteiger partial charge in [-0.25, -0.2) is 4.98 Å². The molecule has 6 nitrogen and oxygen atoms in total. The molecule has 0 amide bonds. The Morgan fingerprint density at radius 1 is 1.69 bits per heavy atom. The Morgan fingerprint density at radius 3 is 3.12 bits per heavy atom. The van der Waals surface area contributed by atoms with Crippen LogP contribution in [0.4, 0.5) is 11.5 Å². The van der Waals surface area contributed by atoms with Gasteiger partial charge in [0.2, 0.25) is 5.82 Å². The highest BCUT2D eigenvalue weighted by Gasteiger charge is 2.21. The molecule has 1 aromatic heterocycles. The molecule has 0 aromatic carbocycles. The summed E-state index contributed by atoms with van der Waals surface area (Å²) in [4.78, 5) is 14.2. The fourth-order valence-electron chi connectivity index (χ4n) is 1.52. The zero-order valence-corrected chi connectivity index (χ0v) is 9.11. The Bertz CT molecular complexity index is 407. The molecule has 1 unspecified atom stereocenters. The summed E-state index contributed by atoms with van der Waals surface area (Å²) in [6.07, 6.45) is 2.20. The predicted molar refractivity (Wildman–Crippen MR) is 58.7 cm³/mol. The van der Waals surface area contributed by atoms with Crippen molar-refractivity contribution in [3.8, 4) is 0 Å². The van der Waals surface area contributed by atoms with Crippen molar-refractivity contribution in [1.82, 2.24) is 4.98 Å². The molecule has 1 N–H and O–H groups in total. The highest BCUT2D eigenvalue weighted by Crippen LogP contribution is 2.26. The molecule has 1 aromatic rings. The highest BCUT2D eigenvalue weighted by atomic mass is 35.5. The minimum absolute atomic E-state index is 0.0763. The molecule has 1 saturated heterocycles. The Balaban J connectivity index is 2.21. The molecule has 7 heteroatoms. The number of nitrogens with one attached hydrogen (secondary N) is 1. The summed E-state index contributed by atoms with van der Waals surface area (Å²) in [5.41, 5.74) is -0.112. The molecule has 1 atom stereocenters. The average Bonchev–Trinajstić information content (AvgIpc) is 2.73. The quantitative estimate of drug-likeness (QED) is 0.647. The van der Waals surface area contributed by atoms with Gasteiger partial charge in [-0.2, -0.15) is 0 Å². The number of hydrogen-bond acceptors (Lipinski definition) is 5. The van der Waals surface area contributed by atoms with Crippen LogP contribution in [0.5, 0.6) is 0 Å². The van der Waals surface area contributed by atoms with E-state index in [1.807, 2.05) is 0 Å². The molecule has 0 radical (unpaired) electrons. The third-order valence-electron chi connectivity index (χ3n) is 2.30. The molecule has 86 valence electrons. The van der Waals surface area contributed by atoms with E-state index in [1.54, 1.807) is 0 Å². The lowest BCUT2D eigenvalue weighted by molar-refractivity contribution is -0.384. The molecular formula is C9H10ClN3O3. The first kappa shape index (κ1) is 11.1. The number of halogens is 1. The maximum atomic E-state index is 10.8. The summed E-state index contributed by atoms with van der Waals surface area (Å²) >= 11 is 5.66. The Labute approximate surface area is 96.7 Å². The van der Waals surface area contributed by atoms with Crippen LogP contribution in [0.1, 0.15) is 6.42 Å². The van der Waals surface area contributed by atoms with E-state index in [0.29, 0.717) is 13.2 Å². The van der Waals surface area contributed by atoms with Crippen LogP contribution in [0.25, 0.3) is 0 Å². The van der Waals surface area contributed by atoms with Gasteiger partial charge in [-0.3, -0.25) is 10.1 Å². The first-order chi connectivity index (χ1) is 7.66. The van der Waals surface area contributed by atoms with Crippen molar-refractivity contribution >= 4 is 23.1 Å². The van der Waals surface area contributed by atoms with Crippen LogP contribution in [0.3, 0.4) is 0 Å². The van der Waals surface area contributed by atoms with Gasteiger partial charge in [0, 0.05) is 18.9 Å². The summed E-state index contributed by atoms with van der Waals surface area (Å²) in [6, 6.07) is 1.36. The van der Waals surface area contributed by atoms with E-state index >= 15 is 0 Å². The molecule has 1 fully saturated rings. The average molecular weight is 244 g/mol. The summed E-state index contributed by atoms with van der Waals surface area (Å²) < 4.78 is 5.17. The van der Waals surface area contributed by atoms with E-state index in [1.165, 1.54) is 12.3 Å². The van der Waals surface area contributed by atoms with Crippen LogP contribution in [0, 0.1) is 10.1 Å². The number of pyridine rings is 1. The van der Waals surface area contributed by atoms with Gasteiger partial charge in [-0.05, 0) is 6.42 Å². The first-order valence-electron chi connectivity index (χ1n) is 4.81. The van der Waals surface area contributed by atoms with Crippen molar-refractivity contribution < 1.29 is 9.66 Å². The lowest BCUT2D eigenvalue weighted by atomic mass is 10.2. The van der Waals surface area contributed by atoms with E-state index in [9.17, 15) is 10.1 Å². The van der Waals surface area contributed by atoms with E-state index in [4.69, 9.17) is 16.3 Å². The van der Waals surface area contributed by atoms with Crippen LogP contribution in [0.2, 0.25) is 5.02 Å². The van der Waals surface area contributed by atoms with Crippen molar-refractivity contribution in [2.24, 2.45) is 0 Å². The maximum Gasteiger partial charge on any atom is 0.312 e. The van der Waals surface area contributed by atoms with Crippen molar-refractivity contribution in [2.45, 2.75) is 12.5 Å². The van der Waals surface area contributed by atoms with Gasteiger partial charge in [-0.15, -0.1) is 0 Å². The SMILES string of the molecule is O=[N+]([O-])c1cc(Cl)cnc1NC1CCOC1. The third kappa shape index (κ3) is 2.40. The topological polar surface area (TPSA) is 77.3 Å². The Kier molecular flexibility index (Phi) is 3.21. The van der Waals surface area contributed by atoms with Gasteiger partial charge in [0.1, 0.15) is 0 Å². The molecule has 0 saturated carbocycles. The van der Waals surface area contributed by atoms with Crippen molar-refractivity contribution in [2.75, 3.05) is 18.5 Å². The maximum absolute atomic E-state index is 10.8. The summed E-state index contributed by atoms with van der Waals surface area (Å²) in [7, 11) is 0. The second-order valence-corrected chi connectivity index (χ2v) is 3.92. The van der Waals surface area contributed by atoms with Crippen LogP contribution < -0.4 is 5.32 Å². The van der Waals surface area contributed by atoms with Gasteiger partial charge in [-0.1, -0.05) is 11.6 Å². The molecule has 2 heterocycles. The zero-order chi connectivity index (χ0) is 11.5. The Hall–Kier alpha value is -1.40. The van der Waals surface area contributed by atoms with Crippen LogP contribution >= 0.6 is 11.6 Å². The molecule has 0 aliphatic carbocycles. The summed E-state index contributed by atoms with van der Waals surface area (Å²) in [6.45, 7) is 1.21. The summed E-state index contributed by atoms with van der Waals surface area (Å²) in [5, 5.41) is 14.0. The largest absolute Gasteiger partial charge is 0.379 e. The number of nitrogens with zero attached hydrogens (tertiary/aromatic N) is 2. The minimum Gasteiger partial charge on any atom is -0.379 e. The number of aromatic nitrogens is 1. The third-order valence-corrected chi connectivity index (χ3v) is 2.51. The van der Waals surface area contributed by atoms with Crippen molar-refractivity contribution in [3.05, 3.63) is 27.4 Å². The van der Waals surface area contributed by atoms with E-state index in [2.05, 4.69) is 10.3 Å². The van der Waals surface area contributed by atoms with E-state index in [-0.39, 0.29) is 22.6 Å². The van der Waals surface area contributed by atoms with E-state index < -0.39 is 4.92 Å². The highest BCUT2D eigenvalue weighted by molar-refractivity contribution is 6.30. The molecule has 0 spiro atoms. The molecule has 1 aliphatic heterocycles. The zero-order valence-electron chi connectivity index (χ0n) is 8.35. The molecular weight excluding hydrogens is 234 g/mol.